The summed E-state index contributed by atoms with van der Waals surface area (Å²) in [6.07, 6.45) is 2.15. The largest absolute Gasteiger partial charge is 0.395 e. The van der Waals surface area contributed by atoms with Crippen LogP contribution in [0.15, 0.2) is 22.7 Å². The van der Waals surface area contributed by atoms with Crippen molar-refractivity contribution >= 4 is 27.5 Å². The van der Waals surface area contributed by atoms with E-state index in [2.05, 4.69) is 15.9 Å². The van der Waals surface area contributed by atoms with Gasteiger partial charge in [-0.3, -0.25) is 0 Å². The minimum atomic E-state index is 0.0173. The number of hydrogen-bond acceptors (Lipinski definition) is 1. The zero-order valence-electron chi connectivity index (χ0n) is 7.06. The molecular weight excluding hydrogens is 251 g/mol. The first kappa shape index (κ1) is 9.50. The topological polar surface area (TPSA) is 20.2 Å². The van der Waals surface area contributed by atoms with Gasteiger partial charge in [0.15, 0.2) is 0 Å². The Labute approximate surface area is 90.9 Å². The molecule has 0 bridgehead atoms. The Hall–Kier alpha value is -0.0500. The predicted octanol–water partition coefficient (Wildman–Crippen LogP) is 3.13. The molecule has 0 unspecified atom stereocenters. The van der Waals surface area contributed by atoms with Gasteiger partial charge >= 0.3 is 0 Å². The van der Waals surface area contributed by atoms with Crippen molar-refractivity contribution in [3.05, 3.63) is 33.3 Å². The van der Waals surface area contributed by atoms with Crippen LogP contribution in [0.25, 0.3) is 0 Å². The van der Waals surface area contributed by atoms with Gasteiger partial charge in [0.1, 0.15) is 0 Å². The highest BCUT2D eigenvalue weighted by atomic mass is 79.9. The number of benzene rings is 1. The van der Waals surface area contributed by atoms with Gasteiger partial charge in [0.2, 0.25) is 0 Å². The summed E-state index contributed by atoms with van der Waals surface area (Å²) in [5.41, 5.74) is 1.20. The number of rotatable bonds is 2. The van der Waals surface area contributed by atoms with E-state index < -0.39 is 0 Å². The molecule has 3 heteroatoms. The molecule has 1 N–H and O–H groups in total. The second-order valence-corrected chi connectivity index (χ2v) is 4.85. The second-order valence-electron chi connectivity index (χ2n) is 3.56. The Balaban J connectivity index is 2.41. The summed E-state index contributed by atoms with van der Waals surface area (Å²) >= 11 is 9.31. The van der Waals surface area contributed by atoms with Crippen LogP contribution in [0.1, 0.15) is 18.4 Å². The van der Waals surface area contributed by atoms with Crippen LogP contribution in [0.4, 0.5) is 0 Å². The molecule has 0 radical (unpaired) electrons. The smallest absolute Gasteiger partial charge is 0.0528 e. The minimum absolute atomic E-state index is 0.0173. The first-order valence-corrected chi connectivity index (χ1v) is 5.41. The lowest BCUT2D eigenvalue weighted by atomic mass is 9.97. The van der Waals surface area contributed by atoms with Crippen LogP contribution in [0.3, 0.4) is 0 Å². The van der Waals surface area contributed by atoms with E-state index in [-0.39, 0.29) is 12.0 Å². The summed E-state index contributed by atoms with van der Waals surface area (Å²) in [4.78, 5) is 0. The molecule has 0 aromatic heterocycles. The van der Waals surface area contributed by atoms with Crippen molar-refractivity contribution in [3.63, 3.8) is 0 Å². The van der Waals surface area contributed by atoms with Gasteiger partial charge in [-0.05, 0) is 30.5 Å². The maximum absolute atomic E-state index is 9.25. The molecule has 1 nitrogen and oxygen atoms in total. The maximum Gasteiger partial charge on any atom is 0.0528 e. The number of aliphatic hydroxyl groups excluding tert-OH is 1. The molecule has 1 fully saturated rings. The van der Waals surface area contributed by atoms with Crippen LogP contribution in [0, 0.1) is 0 Å². The standard InChI is InChI=1S/C10H10BrClO/c11-9-5-7(12)1-2-8(9)10(6-13)3-4-10/h1-2,5,13H,3-4,6H2. The van der Waals surface area contributed by atoms with Crippen molar-refractivity contribution < 1.29 is 5.11 Å². The summed E-state index contributed by atoms with van der Waals surface area (Å²) in [5, 5.41) is 9.98. The van der Waals surface area contributed by atoms with Crippen LogP contribution < -0.4 is 0 Å². The molecule has 0 spiro atoms. The molecule has 0 amide bonds. The predicted molar refractivity (Wildman–Crippen MR) is 57.1 cm³/mol. The fourth-order valence-corrected chi connectivity index (χ4v) is 2.69. The fraction of sp³-hybridized carbons (Fsp3) is 0.400. The molecule has 1 saturated carbocycles. The van der Waals surface area contributed by atoms with Crippen molar-refractivity contribution in [3.8, 4) is 0 Å². The highest BCUT2D eigenvalue weighted by Crippen LogP contribution is 2.50. The maximum atomic E-state index is 9.25. The third-order valence-electron chi connectivity index (χ3n) is 2.66. The number of hydrogen-bond donors (Lipinski definition) is 1. The molecular formula is C10H10BrClO. The molecule has 70 valence electrons. The van der Waals surface area contributed by atoms with Crippen LogP contribution >= 0.6 is 27.5 Å². The Kier molecular flexibility index (Phi) is 2.39. The molecule has 0 atom stereocenters. The molecule has 1 aromatic rings. The molecule has 0 saturated heterocycles. The van der Waals surface area contributed by atoms with E-state index in [1.54, 1.807) is 0 Å². The number of aliphatic hydroxyl groups is 1. The third kappa shape index (κ3) is 1.63. The fourth-order valence-electron chi connectivity index (χ4n) is 1.58. The molecule has 1 aliphatic carbocycles. The Bertz CT molecular complexity index is 334. The van der Waals surface area contributed by atoms with Crippen molar-refractivity contribution in [2.75, 3.05) is 6.61 Å². The Morgan fingerprint density at radius 2 is 2.15 bits per heavy atom. The van der Waals surface area contributed by atoms with E-state index in [1.807, 2.05) is 18.2 Å². The van der Waals surface area contributed by atoms with E-state index in [1.165, 1.54) is 5.56 Å². The lowest BCUT2D eigenvalue weighted by Gasteiger charge is -2.14. The first-order chi connectivity index (χ1) is 6.18. The van der Waals surface area contributed by atoms with Crippen LogP contribution in [0.2, 0.25) is 5.02 Å². The van der Waals surface area contributed by atoms with E-state index in [9.17, 15) is 5.11 Å². The summed E-state index contributed by atoms with van der Waals surface area (Å²) in [7, 11) is 0. The average molecular weight is 262 g/mol. The van der Waals surface area contributed by atoms with Crippen molar-refractivity contribution in [1.82, 2.24) is 0 Å². The quantitative estimate of drug-likeness (QED) is 0.867. The van der Waals surface area contributed by atoms with Gasteiger partial charge in [0.05, 0.1) is 6.61 Å². The van der Waals surface area contributed by atoms with E-state index in [0.29, 0.717) is 0 Å². The summed E-state index contributed by atoms with van der Waals surface area (Å²) in [5.74, 6) is 0. The lowest BCUT2D eigenvalue weighted by molar-refractivity contribution is 0.254. The summed E-state index contributed by atoms with van der Waals surface area (Å²) < 4.78 is 1.01. The van der Waals surface area contributed by atoms with Gasteiger partial charge in [-0.25, -0.2) is 0 Å². The van der Waals surface area contributed by atoms with Crippen molar-refractivity contribution in [2.24, 2.45) is 0 Å². The molecule has 0 heterocycles. The SMILES string of the molecule is OCC1(c2ccc(Cl)cc2Br)CC1. The molecule has 2 rings (SSSR count). The zero-order chi connectivity index (χ0) is 9.47. The van der Waals surface area contributed by atoms with Gasteiger partial charge < -0.3 is 5.11 Å². The molecule has 0 aliphatic heterocycles. The Morgan fingerprint density at radius 3 is 2.62 bits per heavy atom. The zero-order valence-corrected chi connectivity index (χ0v) is 9.40. The third-order valence-corrected chi connectivity index (χ3v) is 3.55. The molecule has 1 aromatic carbocycles. The van der Waals surface area contributed by atoms with Gasteiger partial charge in [-0.15, -0.1) is 0 Å². The monoisotopic (exact) mass is 260 g/mol. The molecule has 13 heavy (non-hydrogen) atoms. The van der Waals surface area contributed by atoms with Gasteiger partial charge in [0, 0.05) is 14.9 Å². The van der Waals surface area contributed by atoms with Gasteiger partial charge in [-0.1, -0.05) is 33.6 Å². The lowest BCUT2D eigenvalue weighted by Crippen LogP contribution is -2.12. The van der Waals surface area contributed by atoms with Crippen LogP contribution in [0.5, 0.6) is 0 Å². The summed E-state index contributed by atoms with van der Waals surface area (Å²) in [6, 6.07) is 5.75. The van der Waals surface area contributed by atoms with Gasteiger partial charge in [0.25, 0.3) is 0 Å². The number of halogens is 2. The van der Waals surface area contributed by atoms with Crippen molar-refractivity contribution in [1.29, 1.82) is 0 Å². The highest BCUT2D eigenvalue weighted by Gasteiger charge is 2.44. The van der Waals surface area contributed by atoms with Gasteiger partial charge in [-0.2, -0.15) is 0 Å². The summed E-state index contributed by atoms with van der Waals surface area (Å²) in [6.45, 7) is 0.229. The van der Waals surface area contributed by atoms with Crippen LogP contribution in [-0.2, 0) is 5.41 Å². The minimum Gasteiger partial charge on any atom is -0.395 e. The molecule has 1 aliphatic rings. The normalized spacial score (nSPS) is 18.7. The Morgan fingerprint density at radius 1 is 1.46 bits per heavy atom. The highest BCUT2D eigenvalue weighted by molar-refractivity contribution is 9.10. The van der Waals surface area contributed by atoms with E-state index in [4.69, 9.17) is 11.6 Å². The van der Waals surface area contributed by atoms with E-state index >= 15 is 0 Å². The van der Waals surface area contributed by atoms with E-state index in [0.717, 1.165) is 22.3 Å². The first-order valence-electron chi connectivity index (χ1n) is 4.24. The van der Waals surface area contributed by atoms with Crippen molar-refractivity contribution in [2.45, 2.75) is 18.3 Å². The average Bonchev–Trinajstić information content (AvgIpc) is 2.85. The van der Waals surface area contributed by atoms with Crippen LogP contribution in [-0.4, -0.2) is 11.7 Å². The second kappa shape index (κ2) is 3.26.